The number of aromatic nitrogens is 3. The van der Waals surface area contributed by atoms with Gasteiger partial charge in [0.2, 0.25) is 0 Å². The molecule has 0 aliphatic carbocycles. The molecule has 2 unspecified atom stereocenters. The number of carboxylic acid groups (broad SMARTS) is 1. The Hall–Kier alpha value is -3.22. The van der Waals surface area contributed by atoms with Crippen LogP contribution in [0, 0.1) is 12.8 Å². The first-order valence-electron chi connectivity index (χ1n) is 9.32. The van der Waals surface area contributed by atoms with Crippen LogP contribution in [0.4, 0.5) is 0 Å². The summed E-state index contributed by atoms with van der Waals surface area (Å²) < 4.78 is 1.68. The van der Waals surface area contributed by atoms with E-state index >= 15 is 0 Å². The first-order chi connectivity index (χ1) is 13.4. The predicted molar refractivity (Wildman–Crippen MR) is 105 cm³/mol. The Kier molecular flexibility index (Phi) is 4.37. The lowest BCUT2D eigenvalue weighted by Gasteiger charge is -2.24. The summed E-state index contributed by atoms with van der Waals surface area (Å²) in [6, 6.07) is 11.1. The molecule has 144 valence electrons. The summed E-state index contributed by atoms with van der Waals surface area (Å²) in [7, 11) is 1.81. The predicted octanol–water partition coefficient (Wildman–Crippen LogP) is 2.88. The minimum Gasteiger partial charge on any atom is -0.481 e. The smallest absolute Gasteiger partial charge is 0.308 e. The number of carboxylic acids is 1. The molecule has 3 heterocycles. The van der Waals surface area contributed by atoms with E-state index in [1.165, 1.54) is 0 Å². The highest BCUT2D eigenvalue weighted by atomic mass is 16.4. The molecule has 28 heavy (non-hydrogen) atoms. The molecule has 2 atom stereocenters. The third-order valence-corrected chi connectivity index (χ3v) is 5.60. The fourth-order valence-electron chi connectivity index (χ4n) is 4.08. The molecule has 1 N–H and O–H groups in total. The Balaban J connectivity index is 1.86. The lowest BCUT2D eigenvalue weighted by Crippen LogP contribution is -2.37. The van der Waals surface area contributed by atoms with Crippen molar-refractivity contribution in [3.8, 4) is 11.3 Å². The quantitative estimate of drug-likeness (QED) is 0.757. The Morgan fingerprint density at radius 1 is 1.21 bits per heavy atom. The van der Waals surface area contributed by atoms with Crippen LogP contribution in [0.5, 0.6) is 0 Å². The second-order valence-corrected chi connectivity index (χ2v) is 7.30. The molecule has 1 saturated heterocycles. The van der Waals surface area contributed by atoms with Gasteiger partial charge in [-0.1, -0.05) is 30.3 Å². The number of likely N-dealkylation sites (tertiary alicyclic amines) is 1. The minimum absolute atomic E-state index is 0.170. The Labute approximate surface area is 162 Å². The Morgan fingerprint density at radius 3 is 2.57 bits per heavy atom. The summed E-state index contributed by atoms with van der Waals surface area (Å²) >= 11 is 0. The van der Waals surface area contributed by atoms with Crippen LogP contribution >= 0.6 is 0 Å². The molecule has 0 spiro atoms. The van der Waals surface area contributed by atoms with E-state index in [0.717, 1.165) is 16.6 Å². The normalized spacial score (nSPS) is 19.3. The van der Waals surface area contributed by atoms with E-state index in [-0.39, 0.29) is 11.9 Å². The average molecular weight is 378 g/mol. The van der Waals surface area contributed by atoms with Gasteiger partial charge in [0.05, 0.1) is 28.3 Å². The Morgan fingerprint density at radius 2 is 1.93 bits per heavy atom. The molecule has 1 aliphatic rings. The zero-order valence-corrected chi connectivity index (χ0v) is 16.1. The molecule has 0 radical (unpaired) electrons. The van der Waals surface area contributed by atoms with E-state index in [2.05, 4.69) is 5.10 Å². The molecule has 0 bridgehead atoms. The second-order valence-electron chi connectivity index (χ2n) is 7.30. The number of aryl methyl sites for hydroxylation is 2. The number of aliphatic carboxylic acids is 1. The molecule has 1 aliphatic heterocycles. The summed E-state index contributed by atoms with van der Waals surface area (Å²) in [5.41, 5.74) is 3.50. The molecule has 1 fully saturated rings. The maximum absolute atomic E-state index is 13.5. The van der Waals surface area contributed by atoms with Crippen LogP contribution in [0.2, 0.25) is 0 Å². The Bertz CT molecular complexity index is 1070. The molecule has 1 aromatic carbocycles. The molecular formula is C21H22N4O3. The van der Waals surface area contributed by atoms with Gasteiger partial charge in [0.1, 0.15) is 0 Å². The molecular weight excluding hydrogens is 356 g/mol. The minimum atomic E-state index is -0.856. The van der Waals surface area contributed by atoms with Gasteiger partial charge < -0.3 is 10.0 Å². The van der Waals surface area contributed by atoms with Crippen LogP contribution in [0.1, 0.15) is 29.4 Å². The summed E-state index contributed by atoms with van der Waals surface area (Å²) in [6.07, 6.45) is 0.466. The highest BCUT2D eigenvalue weighted by molar-refractivity contribution is 6.07. The van der Waals surface area contributed by atoms with E-state index in [4.69, 9.17) is 4.98 Å². The zero-order chi connectivity index (χ0) is 20.0. The van der Waals surface area contributed by atoms with Gasteiger partial charge in [0.25, 0.3) is 5.91 Å². The molecule has 0 saturated carbocycles. The van der Waals surface area contributed by atoms with Gasteiger partial charge in [0, 0.05) is 25.2 Å². The van der Waals surface area contributed by atoms with E-state index in [1.54, 1.807) is 22.6 Å². The molecule has 2 aromatic heterocycles. The van der Waals surface area contributed by atoms with Crippen LogP contribution in [0.15, 0.2) is 36.4 Å². The van der Waals surface area contributed by atoms with Crippen molar-refractivity contribution >= 4 is 22.9 Å². The van der Waals surface area contributed by atoms with Crippen molar-refractivity contribution in [1.29, 1.82) is 0 Å². The first kappa shape index (κ1) is 18.2. The van der Waals surface area contributed by atoms with Crippen molar-refractivity contribution in [3.05, 3.63) is 47.7 Å². The van der Waals surface area contributed by atoms with Crippen molar-refractivity contribution in [1.82, 2.24) is 19.7 Å². The average Bonchev–Trinajstić information content (AvgIpc) is 3.21. The number of fused-ring (bicyclic) bond motifs is 1. The zero-order valence-electron chi connectivity index (χ0n) is 16.1. The molecule has 7 nitrogen and oxygen atoms in total. The highest BCUT2D eigenvalue weighted by Gasteiger charge is 2.39. The standard InChI is InChI=1S/C21H22N4O3/c1-12-18-16(20(26)25-10-9-15(13(25)2)21(27)28)11-17(14-7-5-4-6-8-14)22-19(18)24(3)23-12/h4-8,11,13,15H,9-10H2,1-3H3,(H,27,28). The maximum Gasteiger partial charge on any atom is 0.308 e. The molecule has 3 aromatic rings. The van der Waals surface area contributed by atoms with Crippen LogP contribution in [0.25, 0.3) is 22.3 Å². The third kappa shape index (κ3) is 2.83. The third-order valence-electron chi connectivity index (χ3n) is 5.60. The highest BCUT2D eigenvalue weighted by Crippen LogP contribution is 2.31. The van der Waals surface area contributed by atoms with E-state index in [0.29, 0.717) is 29.9 Å². The lowest BCUT2D eigenvalue weighted by molar-refractivity contribution is -0.142. The van der Waals surface area contributed by atoms with Gasteiger partial charge >= 0.3 is 5.97 Å². The lowest BCUT2D eigenvalue weighted by atomic mass is 10.0. The number of nitrogens with zero attached hydrogens (tertiary/aromatic N) is 4. The fraction of sp³-hybridized carbons (Fsp3) is 0.333. The van der Waals surface area contributed by atoms with Gasteiger partial charge in [-0.25, -0.2) is 4.98 Å². The summed E-state index contributed by atoms with van der Waals surface area (Å²) in [5.74, 6) is -1.56. The monoisotopic (exact) mass is 378 g/mol. The van der Waals surface area contributed by atoms with Gasteiger partial charge in [-0.2, -0.15) is 5.10 Å². The fourth-order valence-corrected chi connectivity index (χ4v) is 4.08. The number of amides is 1. The van der Waals surface area contributed by atoms with Crippen molar-refractivity contribution in [2.24, 2.45) is 13.0 Å². The molecule has 4 rings (SSSR count). The number of rotatable bonds is 3. The van der Waals surface area contributed by atoms with Crippen LogP contribution in [0.3, 0.4) is 0 Å². The number of hydrogen-bond donors (Lipinski definition) is 1. The topological polar surface area (TPSA) is 88.3 Å². The van der Waals surface area contributed by atoms with Gasteiger partial charge in [-0.3, -0.25) is 14.3 Å². The van der Waals surface area contributed by atoms with Crippen molar-refractivity contribution in [3.63, 3.8) is 0 Å². The first-order valence-corrected chi connectivity index (χ1v) is 9.32. The van der Waals surface area contributed by atoms with Crippen LogP contribution in [-0.4, -0.2) is 49.2 Å². The number of hydrogen-bond acceptors (Lipinski definition) is 4. The van der Waals surface area contributed by atoms with Crippen LogP contribution < -0.4 is 0 Å². The summed E-state index contributed by atoms with van der Waals surface area (Å²) in [5, 5.41) is 14.6. The van der Waals surface area contributed by atoms with E-state index in [1.807, 2.05) is 44.3 Å². The largest absolute Gasteiger partial charge is 0.481 e. The maximum atomic E-state index is 13.5. The van der Waals surface area contributed by atoms with E-state index in [9.17, 15) is 14.7 Å². The second kappa shape index (κ2) is 6.74. The van der Waals surface area contributed by atoms with Crippen molar-refractivity contribution in [2.75, 3.05) is 6.54 Å². The van der Waals surface area contributed by atoms with Gasteiger partial charge in [-0.15, -0.1) is 0 Å². The SMILES string of the molecule is Cc1nn(C)c2nc(-c3ccccc3)cc(C(=O)N3CCC(C(=O)O)C3C)c12. The number of benzene rings is 1. The summed E-state index contributed by atoms with van der Waals surface area (Å²) in [4.78, 5) is 31.3. The number of pyridine rings is 1. The van der Waals surface area contributed by atoms with Crippen molar-refractivity contribution < 1.29 is 14.7 Å². The van der Waals surface area contributed by atoms with Crippen molar-refractivity contribution in [2.45, 2.75) is 26.3 Å². The van der Waals surface area contributed by atoms with Gasteiger partial charge in [0.15, 0.2) is 5.65 Å². The van der Waals surface area contributed by atoms with E-state index < -0.39 is 11.9 Å². The molecule has 1 amide bonds. The molecule has 7 heteroatoms. The van der Waals surface area contributed by atoms with Gasteiger partial charge in [-0.05, 0) is 26.3 Å². The number of carbonyl (C=O) groups is 2. The van der Waals surface area contributed by atoms with Crippen LogP contribution in [-0.2, 0) is 11.8 Å². The number of carbonyl (C=O) groups excluding carboxylic acids is 1. The summed E-state index contributed by atoms with van der Waals surface area (Å²) in [6.45, 7) is 4.09.